The molecule has 0 saturated heterocycles. The lowest BCUT2D eigenvalue weighted by Gasteiger charge is -2.13. The normalized spacial score (nSPS) is 14.1. The molecule has 2 atom stereocenters. The van der Waals surface area contributed by atoms with Crippen LogP contribution in [0.25, 0.3) is 0 Å². The Morgan fingerprint density at radius 3 is 2.33 bits per heavy atom. The van der Waals surface area contributed by atoms with Gasteiger partial charge in [-0.25, -0.2) is 0 Å². The fraction of sp³-hybridized carbons (Fsp3) is 0.467. The van der Waals surface area contributed by atoms with Crippen LogP contribution < -0.4 is 5.32 Å². The Hall–Kier alpha value is -2.03. The number of benzene rings is 1. The highest BCUT2D eigenvalue weighted by molar-refractivity contribution is 5.78. The monoisotopic (exact) mass is 298 g/mol. The number of amides is 1. The summed E-state index contributed by atoms with van der Waals surface area (Å²) < 4.78 is 37.3. The van der Waals surface area contributed by atoms with Gasteiger partial charge in [-0.05, 0) is 31.0 Å². The first kappa shape index (κ1) is 17.0. The van der Waals surface area contributed by atoms with Gasteiger partial charge in [-0.2, -0.15) is 18.4 Å². The second-order valence-corrected chi connectivity index (χ2v) is 5.08. The van der Waals surface area contributed by atoms with Crippen molar-refractivity contribution >= 4 is 5.91 Å². The Labute approximate surface area is 121 Å². The second kappa shape index (κ2) is 7.11. The molecule has 1 amide bonds. The molecule has 0 spiro atoms. The summed E-state index contributed by atoms with van der Waals surface area (Å²) >= 11 is 0. The highest BCUT2D eigenvalue weighted by atomic mass is 19.4. The Balaban J connectivity index is 2.57. The van der Waals surface area contributed by atoms with E-state index in [2.05, 4.69) is 5.32 Å². The van der Waals surface area contributed by atoms with E-state index in [1.807, 2.05) is 6.07 Å². The van der Waals surface area contributed by atoms with E-state index in [0.717, 1.165) is 12.1 Å². The van der Waals surface area contributed by atoms with Gasteiger partial charge in [0.2, 0.25) is 5.91 Å². The first-order valence-corrected chi connectivity index (χ1v) is 6.57. The van der Waals surface area contributed by atoms with Crippen LogP contribution in [0.1, 0.15) is 25.0 Å². The van der Waals surface area contributed by atoms with E-state index in [0.29, 0.717) is 12.0 Å². The molecule has 0 heterocycles. The molecule has 0 unspecified atom stereocenters. The third-order valence-corrected chi connectivity index (χ3v) is 3.07. The van der Waals surface area contributed by atoms with Gasteiger partial charge in [0.15, 0.2) is 0 Å². The van der Waals surface area contributed by atoms with Crippen LogP contribution in [0.4, 0.5) is 13.2 Å². The highest BCUT2D eigenvalue weighted by Crippen LogP contribution is 2.29. The Kier molecular flexibility index (Phi) is 5.77. The molecule has 1 aromatic rings. The van der Waals surface area contributed by atoms with E-state index < -0.39 is 11.7 Å². The molecule has 0 aliphatic rings. The maximum absolute atomic E-state index is 12.4. The number of alkyl halides is 3. The van der Waals surface area contributed by atoms with Gasteiger partial charge >= 0.3 is 6.18 Å². The summed E-state index contributed by atoms with van der Waals surface area (Å²) in [5.74, 6) is -0.850. The number of nitrogens with zero attached hydrogens (tertiary/aromatic N) is 1. The van der Waals surface area contributed by atoms with Crippen LogP contribution in [0, 0.1) is 23.2 Å². The van der Waals surface area contributed by atoms with E-state index in [-0.39, 0.29) is 24.3 Å². The molecule has 0 saturated carbocycles. The summed E-state index contributed by atoms with van der Waals surface area (Å²) in [6.07, 6.45) is -4.00. The predicted octanol–water partition coefficient (Wildman–Crippen LogP) is 3.16. The van der Waals surface area contributed by atoms with Crippen LogP contribution in [-0.4, -0.2) is 12.5 Å². The summed E-state index contributed by atoms with van der Waals surface area (Å²) in [5, 5.41) is 11.3. The molecule has 1 N–H and O–H groups in total. The minimum absolute atomic E-state index is 0.211. The third-order valence-electron chi connectivity index (χ3n) is 3.07. The molecule has 0 radical (unpaired) electrons. The fourth-order valence-corrected chi connectivity index (χ4v) is 1.75. The maximum Gasteiger partial charge on any atom is 0.416 e. The molecule has 0 fully saturated rings. The zero-order valence-corrected chi connectivity index (χ0v) is 11.9. The SMILES string of the molecule is C[C@H](Cc1ccc(C(F)(F)F)cc1)C(=O)NC[C@@H](C)C#N. The van der Waals surface area contributed by atoms with Crippen LogP contribution in [0.15, 0.2) is 24.3 Å². The molecule has 114 valence electrons. The molecule has 6 heteroatoms. The second-order valence-electron chi connectivity index (χ2n) is 5.08. The topological polar surface area (TPSA) is 52.9 Å². The van der Waals surface area contributed by atoms with Crippen molar-refractivity contribution in [3.63, 3.8) is 0 Å². The number of carbonyl (C=O) groups excluding carboxylic acids is 1. The van der Waals surface area contributed by atoms with Crippen LogP contribution in [0.5, 0.6) is 0 Å². The van der Waals surface area contributed by atoms with Gasteiger partial charge in [0.25, 0.3) is 0 Å². The van der Waals surface area contributed by atoms with Crippen LogP contribution in [-0.2, 0) is 17.4 Å². The Morgan fingerprint density at radius 1 is 1.29 bits per heavy atom. The number of nitriles is 1. The number of rotatable bonds is 5. The molecular formula is C15H17F3N2O. The summed E-state index contributed by atoms with van der Waals surface area (Å²) in [5.41, 5.74) is -0.0369. The quantitative estimate of drug-likeness (QED) is 0.908. The smallest absolute Gasteiger partial charge is 0.355 e. The van der Waals surface area contributed by atoms with Crippen molar-refractivity contribution in [2.75, 3.05) is 6.54 Å². The van der Waals surface area contributed by atoms with Gasteiger partial charge in [0.1, 0.15) is 0 Å². The highest BCUT2D eigenvalue weighted by Gasteiger charge is 2.30. The van der Waals surface area contributed by atoms with Crippen LogP contribution in [0.3, 0.4) is 0 Å². The van der Waals surface area contributed by atoms with E-state index in [9.17, 15) is 18.0 Å². The van der Waals surface area contributed by atoms with Gasteiger partial charge in [0.05, 0.1) is 17.6 Å². The summed E-state index contributed by atoms with van der Waals surface area (Å²) in [7, 11) is 0. The lowest BCUT2D eigenvalue weighted by molar-refractivity contribution is -0.137. The first-order valence-electron chi connectivity index (χ1n) is 6.57. The largest absolute Gasteiger partial charge is 0.416 e. The van der Waals surface area contributed by atoms with Crippen LogP contribution >= 0.6 is 0 Å². The average molecular weight is 298 g/mol. The van der Waals surface area contributed by atoms with Crippen LogP contribution in [0.2, 0.25) is 0 Å². The van der Waals surface area contributed by atoms with E-state index in [1.165, 1.54) is 12.1 Å². The number of nitrogens with one attached hydrogen (secondary N) is 1. The number of hydrogen-bond acceptors (Lipinski definition) is 2. The van der Waals surface area contributed by atoms with Gasteiger partial charge in [-0.15, -0.1) is 0 Å². The molecule has 0 aromatic heterocycles. The Morgan fingerprint density at radius 2 is 1.86 bits per heavy atom. The molecular weight excluding hydrogens is 281 g/mol. The molecule has 0 bridgehead atoms. The predicted molar refractivity (Wildman–Crippen MR) is 72.1 cm³/mol. The van der Waals surface area contributed by atoms with Crippen molar-refractivity contribution in [1.29, 1.82) is 5.26 Å². The van der Waals surface area contributed by atoms with Gasteiger partial charge in [0, 0.05) is 12.5 Å². The van der Waals surface area contributed by atoms with Gasteiger partial charge in [-0.1, -0.05) is 19.1 Å². The van der Waals surface area contributed by atoms with Crippen molar-refractivity contribution in [1.82, 2.24) is 5.32 Å². The van der Waals surface area contributed by atoms with Crippen molar-refractivity contribution in [2.24, 2.45) is 11.8 Å². The minimum atomic E-state index is -4.35. The average Bonchev–Trinajstić information content (AvgIpc) is 2.43. The first-order chi connectivity index (χ1) is 9.74. The molecule has 0 aliphatic heterocycles. The van der Waals surface area contributed by atoms with Gasteiger partial charge < -0.3 is 5.32 Å². The fourth-order valence-electron chi connectivity index (χ4n) is 1.75. The molecule has 1 rings (SSSR count). The molecule has 3 nitrogen and oxygen atoms in total. The minimum Gasteiger partial charge on any atom is -0.355 e. The summed E-state index contributed by atoms with van der Waals surface area (Å²) in [6.45, 7) is 3.66. The standard InChI is InChI=1S/C15H17F3N2O/c1-10(8-19)9-20-14(21)11(2)7-12-3-5-13(6-4-12)15(16,17)18/h3-6,10-11H,7,9H2,1-2H3,(H,20,21)/t10-,11+/m0/s1. The molecule has 0 aliphatic carbocycles. The lowest BCUT2D eigenvalue weighted by atomic mass is 9.99. The number of halogens is 3. The van der Waals surface area contributed by atoms with Crippen molar-refractivity contribution in [3.8, 4) is 6.07 Å². The number of carbonyl (C=O) groups is 1. The molecule has 1 aromatic carbocycles. The van der Waals surface area contributed by atoms with Crippen molar-refractivity contribution in [3.05, 3.63) is 35.4 Å². The van der Waals surface area contributed by atoms with E-state index in [4.69, 9.17) is 5.26 Å². The molecule has 21 heavy (non-hydrogen) atoms. The summed E-state index contributed by atoms with van der Waals surface area (Å²) in [6, 6.07) is 6.79. The zero-order valence-electron chi connectivity index (χ0n) is 11.9. The summed E-state index contributed by atoms with van der Waals surface area (Å²) in [4.78, 5) is 11.8. The maximum atomic E-state index is 12.4. The van der Waals surface area contributed by atoms with E-state index >= 15 is 0 Å². The van der Waals surface area contributed by atoms with Crippen molar-refractivity contribution < 1.29 is 18.0 Å². The Bertz CT molecular complexity index is 517. The lowest BCUT2D eigenvalue weighted by Crippen LogP contribution is -2.33. The van der Waals surface area contributed by atoms with Gasteiger partial charge in [-0.3, -0.25) is 4.79 Å². The zero-order chi connectivity index (χ0) is 16.0. The third kappa shape index (κ3) is 5.46. The van der Waals surface area contributed by atoms with Crippen molar-refractivity contribution in [2.45, 2.75) is 26.4 Å². The van der Waals surface area contributed by atoms with E-state index in [1.54, 1.807) is 13.8 Å². The number of hydrogen-bond donors (Lipinski definition) is 1.